The summed E-state index contributed by atoms with van der Waals surface area (Å²) in [6, 6.07) is 3.28. The van der Waals surface area contributed by atoms with Crippen molar-refractivity contribution in [1.82, 2.24) is 15.1 Å². The van der Waals surface area contributed by atoms with E-state index in [9.17, 15) is 9.59 Å². The van der Waals surface area contributed by atoms with Crippen LogP contribution in [0.5, 0.6) is 0 Å². The Kier molecular flexibility index (Phi) is 7.90. The van der Waals surface area contributed by atoms with E-state index in [1.54, 1.807) is 11.3 Å². The number of rotatable bonds is 6. The standard InChI is InChI=1S/C23H35N3O2S/c1-17-6-4-5-7-20(17)25(3)19-10-13-26(14-11-19)23(28)16-24-22(27)9-8-21-18(2)12-15-29-21/h8-9,12,15,17,19-20H,4-7,10-11,13-14,16H2,1-3H3,(H,24,27)/b9-8+/t17-,20-/m0/s1. The summed E-state index contributed by atoms with van der Waals surface area (Å²) in [5.41, 5.74) is 1.16. The Bertz CT molecular complexity index is 721. The molecule has 2 heterocycles. The number of thiophene rings is 1. The number of hydrogen-bond donors (Lipinski definition) is 1. The zero-order valence-electron chi connectivity index (χ0n) is 18.0. The summed E-state index contributed by atoms with van der Waals surface area (Å²) < 4.78 is 0. The molecule has 1 aliphatic carbocycles. The minimum absolute atomic E-state index is 0.0196. The molecule has 2 fully saturated rings. The molecule has 0 aromatic carbocycles. The number of amides is 2. The van der Waals surface area contributed by atoms with E-state index in [1.165, 1.54) is 31.8 Å². The zero-order chi connectivity index (χ0) is 20.8. The van der Waals surface area contributed by atoms with Crippen LogP contribution in [0.2, 0.25) is 0 Å². The Hall–Kier alpha value is -1.66. The third-order valence-corrected chi connectivity index (χ3v) is 7.67. The first-order chi connectivity index (χ1) is 14.0. The first-order valence-electron chi connectivity index (χ1n) is 11.0. The van der Waals surface area contributed by atoms with Crippen molar-refractivity contribution < 1.29 is 9.59 Å². The summed E-state index contributed by atoms with van der Waals surface area (Å²) in [6.07, 6.45) is 10.7. The molecule has 29 heavy (non-hydrogen) atoms. The lowest BCUT2D eigenvalue weighted by molar-refractivity contribution is -0.133. The van der Waals surface area contributed by atoms with Gasteiger partial charge in [-0.1, -0.05) is 19.8 Å². The first-order valence-corrected chi connectivity index (χ1v) is 11.8. The molecule has 2 aliphatic rings. The number of carbonyl (C=O) groups is 2. The van der Waals surface area contributed by atoms with E-state index in [0.29, 0.717) is 12.1 Å². The molecule has 1 aromatic heterocycles. The molecule has 1 saturated heterocycles. The largest absolute Gasteiger partial charge is 0.343 e. The fourth-order valence-corrected chi connectivity index (χ4v) is 5.55. The molecular weight excluding hydrogens is 382 g/mol. The number of piperidine rings is 1. The summed E-state index contributed by atoms with van der Waals surface area (Å²) in [5, 5.41) is 4.74. The third-order valence-electron chi connectivity index (χ3n) is 6.68. The highest BCUT2D eigenvalue weighted by Gasteiger charge is 2.32. The topological polar surface area (TPSA) is 52.7 Å². The Morgan fingerprint density at radius 2 is 1.97 bits per heavy atom. The van der Waals surface area contributed by atoms with Gasteiger partial charge in [-0.2, -0.15) is 0 Å². The summed E-state index contributed by atoms with van der Waals surface area (Å²) in [4.78, 5) is 30.1. The van der Waals surface area contributed by atoms with Crippen molar-refractivity contribution in [2.75, 3.05) is 26.7 Å². The highest BCUT2D eigenvalue weighted by Crippen LogP contribution is 2.30. The van der Waals surface area contributed by atoms with Gasteiger partial charge in [0.15, 0.2) is 0 Å². The monoisotopic (exact) mass is 417 g/mol. The second kappa shape index (κ2) is 10.4. The lowest BCUT2D eigenvalue weighted by Crippen LogP contribution is -2.51. The zero-order valence-corrected chi connectivity index (χ0v) is 18.8. The van der Waals surface area contributed by atoms with E-state index in [4.69, 9.17) is 0 Å². The second-order valence-electron chi connectivity index (χ2n) is 8.63. The van der Waals surface area contributed by atoms with Crippen molar-refractivity contribution in [3.8, 4) is 0 Å². The van der Waals surface area contributed by atoms with Crippen molar-refractivity contribution in [3.63, 3.8) is 0 Å². The number of nitrogens with one attached hydrogen (secondary N) is 1. The van der Waals surface area contributed by atoms with Gasteiger partial charge < -0.3 is 15.1 Å². The van der Waals surface area contributed by atoms with Gasteiger partial charge >= 0.3 is 0 Å². The highest BCUT2D eigenvalue weighted by atomic mass is 32.1. The van der Waals surface area contributed by atoms with Crippen molar-refractivity contribution in [2.24, 2.45) is 5.92 Å². The lowest BCUT2D eigenvalue weighted by Gasteiger charge is -2.44. The maximum absolute atomic E-state index is 12.5. The molecule has 0 bridgehead atoms. The van der Waals surface area contributed by atoms with Crippen molar-refractivity contribution in [2.45, 2.75) is 64.5 Å². The van der Waals surface area contributed by atoms with Crippen LogP contribution >= 0.6 is 11.3 Å². The molecule has 1 aromatic rings. The van der Waals surface area contributed by atoms with Crippen molar-refractivity contribution in [3.05, 3.63) is 28.0 Å². The number of hydrogen-bond acceptors (Lipinski definition) is 4. The van der Waals surface area contributed by atoms with Crippen LogP contribution in [0.25, 0.3) is 6.08 Å². The molecule has 6 heteroatoms. The van der Waals surface area contributed by atoms with Crippen LogP contribution in [0.3, 0.4) is 0 Å². The van der Waals surface area contributed by atoms with Gasteiger partial charge in [0.05, 0.1) is 6.54 Å². The molecule has 5 nitrogen and oxygen atoms in total. The molecule has 0 spiro atoms. The van der Waals surface area contributed by atoms with E-state index in [1.807, 2.05) is 29.3 Å². The smallest absolute Gasteiger partial charge is 0.244 e. The van der Waals surface area contributed by atoms with Gasteiger partial charge in [-0.25, -0.2) is 0 Å². The number of carbonyl (C=O) groups excluding carboxylic acids is 2. The minimum atomic E-state index is -0.216. The predicted molar refractivity (Wildman–Crippen MR) is 120 cm³/mol. The molecular formula is C23H35N3O2S. The number of aryl methyl sites for hydroxylation is 1. The van der Waals surface area contributed by atoms with Gasteiger partial charge in [0.25, 0.3) is 0 Å². The molecule has 160 valence electrons. The molecule has 0 unspecified atom stereocenters. The molecule has 2 amide bonds. The van der Waals surface area contributed by atoms with Crippen LogP contribution in [0.15, 0.2) is 17.5 Å². The van der Waals surface area contributed by atoms with Crippen LogP contribution in [0, 0.1) is 12.8 Å². The van der Waals surface area contributed by atoms with Crippen LogP contribution in [-0.2, 0) is 9.59 Å². The molecule has 1 saturated carbocycles. The van der Waals surface area contributed by atoms with Crippen LogP contribution in [0.4, 0.5) is 0 Å². The van der Waals surface area contributed by atoms with Crippen molar-refractivity contribution in [1.29, 1.82) is 0 Å². The molecule has 1 aliphatic heterocycles. The molecule has 3 rings (SSSR count). The third kappa shape index (κ3) is 5.92. The van der Waals surface area contributed by atoms with E-state index in [-0.39, 0.29) is 18.4 Å². The quantitative estimate of drug-likeness (QED) is 0.718. The molecule has 0 radical (unpaired) electrons. The molecule has 2 atom stereocenters. The van der Waals surface area contributed by atoms with Gasteiger partial charge in [-0.3, -0.25) is 9.59 Å². The van der Waals surface area contributed by atoms with Crippen LogP contribution in [-0.4, -0.2) is 60.4 Å². The first kappa shape index (κ1) is 22.0. The van der Waals surface area contributed by atoms with Crippen molar-refractivity contribution >= 4 is 29.2 Å². The highest BCUT2D eigenvalue weighted by molar-refractivity contribution is 7.11. The maximum Gasteiger partial charge on any atom is 0.244 e. The number of likely N-dealkylation sites (tertiary alicyclic amines) is 1. The van der Waals surface area contributed by atoms with E-state index < -0.39 is 0 Å². The maximum atomic E-state index is 12.5. The van der Waals surface area contributed by atoms with Gasteiger partial charge in [0, 0.05) is 36.1 Å². The Morgan fingerprint density at radius 1 is 1.24 bits per heavy atom. The van der Waals surface area contributed by atoms with Gasteiger partial charge in [-0.15, -0.1) is 11.3 Å². The summed E-state index contributed by atoms with van der Waals surface area (Å²) in [6.45, 7) is 6.06. The Balaban J connectivity index is 1.40. The summed E-state index contributed by atoms with van der Waals surface area (Å²) >= 11 is 1.61. The normalized spacial score (nSPS) is 23.7. The average Bonchev–Trinajstić information content (AvgIpc) is 3.15. The van der Waals surface area contributed by atoms with E-state index in [2.05, 4.69) is 24.2 Å². The SMILES string of the molecule is Cc1ccsc1/C=C/C(=O)NCC(=O)N1CCC(N(C)[C@H]2CCCC[C@@H]2C)CC1. The second-order valence-corrected chi connectivity index (χ2v) is 9.57. The number of nitrogens with zero attached hydrogens (tertiary/aromatic N) is 2. The van der Waals surface area contributed by atoms with E-state index >= 15 is 0 Å². The van der Waals surface area contributed by atoms with Gasteiger partial charge in [0.1, 0.15) is 0 Å². The average molecular weight is 418 g/mol. The fraction of sp³-hybridized carbons (Fsp3) is 0.652. The van der Waals surface area contributed by atoms with Gasteiger partial charge in [0.2, 0.25) is 11.8 Å². The molecule has 1 N–H and O–H groups in total. The predicted octanol–water partition coefficient (Wildman–Crippen LogP) is 3.69. The van der Waals surface area contributed by atoms with Gasteiger partial charge in [-0.05, 0) is 68.7 Å². The lowest BCUT2D eigenvalue weighted by atomic mass is 9.84. The van der Waals surface area contributed by atoms with Crippen LogP contribution < -0.4 is 5.32 Å². The summed E-state index contributed by atoms with van der Waals surface area (Å²) in [5.74, 6) is 0.577. The summed E-state index contributed by atoms with van der Waals surface area (Å²) in [7, 11) is 2.27. The van der Waals surface area contributed by atoms with Crippen LogP contribution in [0.1, 0.15) is 55.9 Å². The minimum Gasteiger partial charge on any atom is -0.343 e. The Morgan fingerprint density at radius 3 is 2.62 bits per heavy atom. The van der Waals surface area contributed by atoms with E-state index in [0.717, 1.165) is 42.3 Å². The fourth-order valence-electron chi connectivity index (χ4n) is 4.74. The Labute approximate surface area is 179 Å².